The number of aliphatic hydroxyl groups is 1. The maximum absolute atomic E-state index is 13.7. The van der Waals surface area contributed by atoms with Gasteiger partial charge in [-0.15, -0.1) is 0 Å². The van der Waals surface area contributed by atoms with Crippen LogP contribution in [0.5, 0.6) is 5.75 Å². The van der Waals surface area contributed by atoms with Crippen LogP contribution in [0.25, 0.3) is 0 Å². The molecule has 7 nitrogen and oxygen atoms in total. The van der Waals surface area contributed by atoms with Crippen molar-refractivity contribution in [1.82, 2.24) is 4.98 Å². The molecule has 0 saturated heterocycles. The van der Waals surface area contributed by atoms with Crippen molar-refractivity contribution >= 4 is 52.2 Å². The van der Waals surface area contributed by atoms with Crippen molar-refractivity contribution in [3.63, 3.8) is 0 Å². The lowest BCUT2D eigenvalue weighted by molar-refractivity contribution is -0.137. The van der Waals surface area contributed by atoms with E-state index in [9.17, 15) is 23.1 Å². The normalized spacial score (nSPS) is 15.2. The van der Waals surface area contributed by atoms with Gasteiger partial charge < -0.3 is 20.1 Å². The predicted molar refractivity (Wildman–Crippen MR) is 132 cm³/mol. The maximum atomic E-state index is 13.7. The second kappa shape index (κ2) is 10.4. The fourth-order valence-electron chi connectivity index (χ4n) is 3.89. The van der Waals surface area contributed by atoms with Crippen molar-refractivity contribution in [2.75, 3.05) is 34.4 Å². The van der Waals surface area contributed by atoms with Gasteiger partial charge in [0.1, 0.15) is 6.61 Å². The van der Waals surface area contributed by atoms with Crippen LogP contribution in [-0.2, 0) is 6.18 Å². The minimum absolute atomic E-state index is 0.0240. The number of halogens is 5. The molecule has 3 aromatic rings. The van der Waals surface area contributed by atoms with Crippen LogP contribution in [0.2, 0.25) is 5.02 Å². The summed E-state index contributed by atoms with van der Waals surface area (Å²) in [6.45, 7) is 1.51. The van der Waals surface area contributed by atoms with Gasteiger partial charge in [-0.2, -0.15) is 13.2 Å². The van der Waals surface area contributed by atoms with Gasteiger partial charge in [0.2, 0.25) is 0 Å². The molecule has 36 heavy (non-hydrogen) atoms. The van der Waals surface area contributed by atoms with Crippen molar-refractivity contribution in [3.8, 4) is 5.75 Å². The highest BCUT2D eigenvalue weighted by Gasteiger charge is 2.36. The number of hydrogen-bond donors (Lipinski definition) is 2. The Kier molecular flexibility index (Phi) is 7.49. The summed E-state index contributed by atoms with van der Waals surface area (Å²) in [7, 11) is 0. The van der Waals surface area contributed by atoms with Crippen molar-refractivity contribution in [2.24, 2.45) is 0 Å². The van der Waals surface area contributed by atoms with E-state index in [0.717, 1.165) is 10.5 Å². The molecule has 0 bridgehead atoms. The third-order valence-electron chi connectivity index (χ3n) is 5.56. The molecule has 0 fully saturated rings. The van der Waals surface area contributed by atoms with E-state index in [1.165, 1.54) is 18.2 Å². The molecule has 0 unspecified atom stereocenters. The number of ether oxygens (including phenoxy) is 1. The third-order valence-corrected chi connectivity index (χ3v) is 6.28. The number of carbonyl (C=O) groups is 1. The van der Waals surface area contributed by atoms with Crippen LogP contribution in [0, 0.1) is 0 Å². The number of para-hydroxylation sites is 1. The number of carbonyl (C=O) groups excluding carboxylic acids is 1. The van der Waals surface area contributed by atoms with E-state index in [1.807, 2.05) is 0 Å². The van der Waals surface area contributed by atoms with Crippen LogP contribution in [0.4, 0.5) is 36.1 Å². The van der Waals surface area contributed by atoms with Gasteiger partial charge >= 0.3 is 6.18 Å². The van der Waals surface area contributed by atoms with Gasteiger partial charge in [-0.25, -0.2) is 4.98 Å². The number of hydrogen-bond acceptors (Lipinski definition) is 6. The number of anilines is 4. The molecule has 2 aromatic carbocycles. The standard InChI is InChI=1S/C24H21Cl2F3N4O3/c1-2-32(26)19-9-8-14(11-17(19)24(27,28)29)31-23(35)16-5-3-7-20-21(16)36-13-15(12-34)33(20)22-18(25)6-4-10-30-22/h3-11,15,34H,2,12-13H2,1H3,(H,31,35)/t15-/m0/s1. The minimum atomic E-state index is -4.69. The number of alkyl halides is 3. The summed E-state index contributed by atoms with van der Waals surface area (Å²) in [5, 5.41) is 12.7. The van der Waals surface area contributed by atoms with E-state index in [4.69, 9.17) is 28.1 Å². The Morgan fingerprint density at radius 2 is 2.06 bits per heavy atom. The van der Waals surface area contributed by atoms with Gasteiger partial charge in [-0.05, 0) is 49.4 Å². The van der Waals surface area contributed by atoms with Gasteiger partial charge in [0, 0.05) is 30.2 Å². The zero-order valence-corrected chi connectivity index (χ0v) is 20.4. The topological polar surface area (TPSA) is 77.9 Å². The molecule has 1 aromatic heterocycles. The summed E-state index contributed by atoms with van der Waals surface area (Å²) in [4.78, 5) is 19.1. The Morgan fingerprint density at radius 1 is 1.28 bits per heavy atom. The minimum Gasteiger partial charge on any atom is -0.488 e. The first-order valence-electron chi connectivity index (χ1n) is 10.9. The zero-order chi connectivity index (χ0) is 26.0. The molecule has 0 spiro atoms. The molecule has 190 valence electrons. The molecular formula is C24H21Cl2F3N4O3. The first kappa shape index (κ1) is 25.9. The summed E-state index contributed by atoms with van der Waals surface area (Å²) in [5.74, 6) is -0.125. The smallest absolute Gasteiger partial charge is 0.418 e. The van der Waals surface area contributed by atoms with Gasteiger partial charge in [0.25, 0.3) is 5.91 Å². The number of nitrogens with zero attached hydrogens (tertiary/aromatic N) is 3. The second-order valence-electron chi connectivity index (χ2n) is 7.84. The molecule has 0 radical (unpaired) electrons. The van der Waals surface area contributed by atoms with Crippen molar-refractivity contribution < 1.29 is 27.8 Å². The maximum Gasteiger partial charge on any atom is 0.418 e. The van der Waals surface area contributed by atoms with Crippen molar-refractivity contribution in [3.05, 3.63) is 70.9 Å². The Morgan fingerprint density at radius 3 is 2.72 bits per heavy atom. The number of nitrogens with one attached hydrogen (secondary N) is 1. The van der Waals surface area contributed by atoms with Gasteiger partial charge in [-0.1, -0.05) is 17.7 Å². The Bertz CT molecular complexity index is 1280. The number of amides is 1. The molecule has 1 aliphatic rings. The molecule has 1 atom stereocenters. The van der Waals surface area contributed by atoms with Gasteiger partial charge in [0.05, 0.1) is 40.2 Å². The van der Waals surface area contributed by atoms with Crippen LogP contribution < -0.4 is 19.4 Å². The second-order valence-corrected chi connectivity index (χ2v) is 8.66. The number of aliphatic hydroxyl groups excluding tert-OH is 1. The number of rotatable bonds is 6. The summed E-state index contributed by atoms with van der Waals surface area (Å²) < 4.78 is 47.7. The predicted octanol–water partition coefficient (Wildman–Crippen LogP) is 5.88. The summed E-state index contributed by atoms with van der Waals surface area (Å²) >= 11 is 12.3. The van der Waals surface area contributed by atoms with E-state index in [2.05, 4.69) is 10.3 Å². The summed E-state index contributed by atoms with van der Waals surface area (Å²) in [6.07, 6.45) is -3.14. The molecular weight excluding hydrogens is 520 g/mol. The largest absolute Gasteiger partial charge is 0.488 e. The van der Waals surface area contributed by atoms with Gasteiger partial charge in [-0.3, -0.25) is 9.21 Å². The van der Waals surface area contributed by atoms with E-state index in [1.54, 1.807) is 42.3 Å². The first-order valence-corrected chi connectivity index (χ1v) is 11.6. The lowest BCUT2D eigenvalue weighted by Crippen LogP contribution is -2.43. The fraction of sp³-hybridized carbons (Fsp3) is 0.250. The number of fused-ring (bicyclic) bond motifs is 1. The quantitative estimate of drug-likeness (QED) is 0.380. The van der Waals surface area contributed by atoms with Crippen LogP contribution in [0.15, 0.2) is 54.7 Å². The Labute approximate surface area is 215 Å². The molecule has 0 aliphatic carbocycles. The highest BCUT2D eigenvalue weighted by Crippen LogP contribution is 2.43. The van der Waals surface area contributed by atoms with Crippen LogP contribution in [-0.4, -0.2) is 41.8 Å². The average Bonchev–Trinajstić information content (AvgIpc) is 2.87. The lowest BCUT2D eigenvalue weighted by Gasteiger charge is -2.37. The zero-order valence-electron chi connectivity index (χ0n) is 18.9. The van der Waals surface area contributed by atoms with E-state index in [-0.39, 0.29) is 42.4 Å². The van der Waals surface area contributed by atoms with Crippen LogP contribution in [0.1, 0.15) is 22.8 Å². The SMILES string of the molecule is CCN(Cl)c1ccc(NC(=O)c2cccc3c2OC[C@H](CO)N3c2ncccc2Cl)cc1C(F)(F)F. The van der Waals surface area contributed by atoms with E-state index in [0.29, 0.717) is 16.5 Å². The average molecular weight is 541 g/mol. The summed E-state index contributed by atoms with van der Waals surface area (Å²) in [5.41, 5.74) is -0.747. The number of pyridine rings is 1. The Balaban J connectivity index is 1.70. The molecule has 0 saturated carbocycles. The van der Waals surface area contributed by atoms with E-state index < -0.39 is 23.7 Å². The molecule has 2 N–H and O–H groups in total. The third kappa shape index (κ3) is 5.02. The first-order chi connectivity index (χ1) is 17.2. The van der Waals surface area contributed by atoms with Crippen molar-refractivity contribution in [1.29, 1.82) is 0 Å². The molecule has 2 heterocycles. The van der Waals surface area contributed by atoms with Crippen molar-refractivity contribution in [2.45, 2.75) is 19.1 Å². The van der Waals surface area contributed by atoms with E-state index >= 15 is 0 Å². The van der Waals surface area contributed by atoms with Crippen LogP contribution in [0.3, 0.4) is 0 Å². The molecule has 12 heteroatoms. The summed E-state index contributed by atoms with van der Waals surface area (Å²) in [6, 6.07) is 10.9. The molecule has 1 aliphatic heterocycles. The Hall–Kier alpha value is -3.21. The number of benzene rings is 2. The highest BCUT2D eigenvalue weighted by molar-refractivity contribution is 6.33. The monoisotopic (exact) mass is 540 g/mol. The number of aromatic nitrogens is 1. The lowest BCUT2D eigenvalue weighted by atomic mass is 10.1. The molecule has 4 rings (SSSR count). The molecule has 1 amide bonds. The fourth-order valence-corrected chi connectivity index (χ4v) is 4.25. The highest BCUT2D eigenvalue weighted by atomic mass is 35.5. The van der Waals surface area contributed by atoms with Crippen LogP contribution >= 0.6 is 23.4 Å². The van der Waals surface area contributed by atoms with Gasteiger partial charge in [0.15, 0.2) is 11.6 Å².